The van der Waals surface area contributed by atoms with Gasteiger partial charge in [0.1, 0.15) is 0 Å². The Balaban J connectivity index is 2.06. The Bertz CT molecular complexity index is 789. The van der Waals surface area contributed by atoms with Gasteiger partial charge in [-0.05, 0) is 52.3 Å². The van der Waals surface area contributed by atoms with Crippen LogP contribution in [0.15, 0.2) is 53.3 Å². The minimum absolute atomic E-state index is 0.660. The molecule has 3 aromatic rings. The number of hydrogen-bond donors (Lipinski definition) is 2. The van der Waals surface area contributed by atoms with Gasteiger partial charge in [-0.25, -0.2) is 0 Å². The van der Waals surface area contributed by atoms with Crippen LogP contribution >= 0.6 is 27.5 Å². The van der Waals surface area contributed by atoms with E-state index in [4.69, 9.17) is 17.3 Å². The largest absolute Gasteiger partial charge is 0.398 e. The zero-order valence-electron chi connectivity index (χ0n) is 10.4. The molecule has 0 bridgehead atoms. The van der Waals surface area contributed by atoms with Gasteiger partial charge in [0, 0.05) is 44.7 Å². The molecule has 0 aliphatic rings. The van der Waals surface area contributed by atoms with Gasteiger partial charge in [-0.15, -0.1) is 0 Å². The molecule has 0 atom stereocenters. The van der Waals surface area contributed by atoms with E-state index in [0.717, 1.165) is 32.3 Å². The van der Waals surface area contributed by atoms with Crippen LogP contribution in [-0.4, -0.2) is 4.98 Å². The molecule has 3 rings (SSSR count). The highest BCUT2D eigenvalue weighted by Crippen LogP contribution is 2.32. The lowest BCUT2D eigenvalue weighted by molar-refractivity contribution is 1.36. The van der Waals surface area contributed by atoms with E-state index in [1.54, 1.807) is 12.4 Å². The van der Waals surface area contributed by atoms with Crippen LogP contribution < -0.4 is 11.1 Å². The van der Waals surface area contributed by atoms with Crippen molar-refractivity contribution in [3.05, 3.63) is 58.3 Å². The third-order valence-electron chi connectivity index (χ3n) is 3.05. The Hall–Kier alpha value is -1.78. The number of nitrogen functional groups attached to an aromatic ring is 1. The maximum atomic E-state index is 6.10. The van der Waals surface area contributed by atoms with Crippen molar-refractivity contribution < 1.29 is 0 Å². The lowest BCUT2D eigenvalue weighted by Gasteiger charge is -2.11. The number of pyridine rings is 1. The maximum absolute atomic E-state index is 6.10. The molecule has 1 heterocycles. The summed E-state index contributed by atoms with van der Waals surface area (Å²) in [5.41, 5.74) is 8.57. The van der Waals surface area contributed by atoms with Gasteiger partial charge in [-0.3, -0.25) is 4.98 Å². The van der Waals surface area contributed by atoms with E-state index in [2.05, 4.69) is 26.2 Å². The first-order chi connectivity index (χ1) is 9.65. The number of benzene rings is 2. The summed E-state index contributed by atoms with van der Waals surface area (Å²) in [6, 6.07) is 11.5. The van der Waals surface area contributed by atoms with Gasteiger partial charge in [0.15, 0.2) is 0 Å². The molecule has 0 saturated carbocycles. The van der Waals surface area contributed by atoms with Crippen molar-refractivity contribution in [1.82, 2.24) is 4.98 Å². The second kappa shape index (κ2) is 5.31. The Labute approximate surface area is 129 Å². The van der Waals surface area contributed by atoms with Crippen molar-refractivity contribution in [3.8, 4) is 0 Å². The number of rotatable bonds is 2. The minimum Gasteiger partial charge on any atom is -0.398 e. The predicted molar refractivity (Wildman–Crippen MR) is 88.6 cm³/mol. The van der Waals surface area contributed by atoms with Crippen LogP contribution in [0, 0.1) is 0 Å². The molecular formula is C15H11BrClN3. The highest BCUT2D eigenvalue weighted by atomic mass is 79.9. The number of nitrogens with one attached hydrogen (secondary N) is 1. The summed E-state index contributed by atoms with van der Waals surface area (Å²) in [6.07, 6.45) is 3.54. The third-order valence-corrected chi connectivity index (χ3v) is 4.28. The van der Waals surface area contributed by atoms with E-state index in [9.17, 15) is 0 Å². The first kappa shape index (κ1) is 13.2. The molecule has 0 saturated heterocycles. The second-order valence-electron chi connectivity index (χ2n) is 4.38. The standard InChI is InChI=1S/C15H11BrClN3/c16-12-2-1-9(7-13(12)17)20-15-4-3-14(18)10-5-6-19-8-11(10)15/h1-8,20H,18H2. The zero-order valence-corrected chi connectivity index (χ0v) is 12.7. The summed E-state index contributed by atoms with van der Waals surface area (Å²) >= 11 is 9.48. The van der Waals surface area contributed by atoms with E-state index in [1.807, 2.05) is 36.4 Å². The van der Waals surface area contributed by atoms with Crippen molar-refractivity contribution in [2.75, 3.05) is 11.1 Å². The number of aromatic nitrogens is 1. The molecule has 0 radical (unpaired) electrons. The quantitative estimate of drug-likeness (QED) is 0.642. The fourth-order valence-electron chi connectivity index (χ4n) is 2.05. The predicted octanol–water partition coefficient (Wildman–Crippen LogP) is 4.98. The Kier molecular flexibility index (Phi) is 3.51. The van der Waals surface area contributed by atoms with Gasteiger partial charge < -0.3 is 11.1 Å². The molecule has 0 fully saturated rings. The van der Waals surface area contributed by atoms with Crippen LogP contribution in [0.4, 0.5) is 17.1 Å². The number of hydrogen-bond acceptors (Lipinski definition) is 3. The van der Waals surface area contributed by atoms with Crippen molar-refractivity contribution in [2.45, 2.75) is 0 Å². The number of fused-ring (bicyclic) bond motifs is 1. The Morgan fingerprint density at radius 1 is 1.10 bits per heavy atom. The van der Waals surface area contributed by atoms with Gasteiger partial charge >= 0.3 is 0 Å². The SMILES string of the molecule is Nc1ccc(Nc2ccc(Br)c(Cl)c2)c2cnccc12. The molecule has 0 spiro atoms. The third kappa shape index (κ3) is 2.44. The van der Waals surface area contributed by atoms with Gasteiger partial charge in [0.2, 0.25) is 0 Å². The lowest BCUT2D eigenvalue weighted by atomic mass is 10.1. The average Bonchev–Trinajstić information content (AvgIpc) is 2.46. The first-order valence-corrected chi connectivity index (χ1v) is 7.16. The highest BCUT2D eigenvalue weighted by molar-refractivity contribution is 9.10. The molecular weight excluding hydrogens is 338 g/mol. The molecule has 3 nitrogen and oxygen atoms in total. The molecule has 100 valence electrons. The summed E-state index contributed by atoms with van der Waals surface area (Å²) in [7, 11) is 0. The number of nitrogens with two attached hydrogens (primary N) is 1. The molecule has 0 aliphatic heterocycles. The molecule has 3 N–H and O–H groups in total. The second-order valence-corrected chi connectivity index (χ2v) is 5.64. The van der Waals surface area contributed by atoms with Crippen molar-refractivity contribution in [1.29, 1.82) is 0 Å². The maximum Gasteiger partial charge on any atom is 0.0568 e. The van der Waals surface area contributed by atoms with Crippen LogP contribution in [0.2, 0.25) is 5.02 Å². The van der Waals surface area contributed by atoms with Crippen LogP contribution in [-0.2, 0) is 0 Å². The average molecular weight is 349 g/mol. The fraction of sp³-hybridized carbons (Fsp3) is 0. The lowest BCUT2D eigenvalue weighted by Crippen LogP contribution is -1.94. The van der Waals surface area contributed by atoms with E-state index >= 15 is 0 Å². The Morgan fingerprint density at radius 2 is 1.95 bits per heavy atom. The fourth-order valence-corrected chi connectivity index (χ4v) is 2.48. The monoisotopic (exact) mass is 347 g/mol. The molecule has 0 unspecified atom stereocenters. The summed E-state index contributed by atoms with van der Waals surface area (Å²) in [4.78, 5) is 4.16. The smallest absolute Gasteiger partial charge is 0.0568 e. The van der Waals surface area contributed by atoms with Crippen molar-refractivity contribution in [3.63, 3.8) is 0 Å². The van der Waals surface area contributed by atoms with Gasteiger partial charge in [-0.1, -0.05) is 11.6 Å². The summed E-state index contributed by atoms with van der Waals surface area (Å²) < 4.78 is 0.869. The number of nitrogens with zero attached hydrogens (tertiary/aromatic N) is 1. The molecule has 20 heavy (non-hydrogen) atoms. The Morgan fingerprint density at radius 3 is 2.75 bits per heavy atom. The van der Waals surface area contributed by atoms with Crippen LogP contribution in [0.25, 0.3) is 10.8 Å². The van der Waals surface area contributed by atoms with E-state index < -0.39 is 0 Å². The molecule has 2 aromatic carbocycles. The number of halogens is 2. The van der Waals surface area contributed by atoms with Gasteiger partial charge in [0.05, 0.1) is 5.02 Å². The summed E-state index contributed by atoms with van der Waals surface area (Å²) in [5, 5.41) is 5.96. The molecule has 5 heteroatoms. The van der Waals surface area contributed by atoms with Gasteiger partial charge in [0.25, 0.3) is 0 Å². The van der Waals surface area contributed by atoms with E-state index in [0.29, 0.717) is 5.02 Å². The minimum atomic E-state index is 0.660. The highest BCUT2D eigenvalue weighted by Gasteiger charge is 2.05. The molecule has 0 amide bonds. The summed E-state index contributed by atoms with van der Waals surface area (Å²) in [5.74, 6) is 0. The van der Waals surface area contributed by atoms with Crippen LogP contribution in [0.3, 0.4) is 0 Å². The van der Waals surface area contributed by atoms with Crippen LogP contribution in [0.5, 0.6) is 0 Å². The summed E-state index contributed by atoms with van der Waals surface area (Å²) in [6.45, 7) is 0. The van der Waals surface area contributed by atoms with Gasteiger partial charge in [-0.2, -0.15) is 0 Å². The van der Waals surface area contributed by atoms with E-state index in [-0.39, 0.29) is 0 Å². The first-order valence-electron chi connectivity index (χ1n) is 5.99. The van der Waals surface area contributed by atoms with E-state index in [1.165, 1.54) is 0 Å². The zero-order chi connectivity index (χ0) is 14.1. The van der Waals surface area contributed by atoms with Crippen molar-refractivity contribution in [2.24, 2.45) is 0 Å². The molecule has 1 aromatic heterocycles. The normalized spacial score (nSPS) is 10.7. The van der Waals surface area contributed by atoms with Crippen LogP contribution in [0.1, 0.15) is 0 Å². The van der Waals surface area contributed by atoms with Crippen molar-refractivity contribution >= 4 is 55.4 Å². The number of anilines is 3. The topological polar surface area (TPSA) is 50.9 Å². The molecule has 0 aliphatic carbocycles.